The van der Waals surface area contributed by atoms with Crippen LogP contribution in [0.25, 0.3) is 0 Å². The Kier molecular flexibility index (Phi) is 5.76. The maximum Gasteiger partial charge on any atom is 0.315 e. The van der Waals surface area contributed by atoms with Gasteiger partial charge in [-0.1, -0.05) is 0 Å². The summed E-state index contributed by atoms with van der Waals surface area (Å²) in [5.41, 5.74) is 0. The second-order valence-electron chi connectivity index (χ2n) is 4.45. The van der Waals surface area contributed by atoms with E-state index in [0.717, 1.165) is 19.6 Å². The lowest BCUT2D eigenvalue weighted by atomic mass is 10.2. The van der Waals surface area contributed by atoms with Gasteiger partial charge in [-0.25, -0.2) is 4.79 Å². The zero-order valence-corrected chi connectivity index (χ0v) is 10.2. The average Bonchev–Trinajstić information content (AvgIpc) is 2.68. The summed E-state index contributed by atoms with van der Waals surface area (Å²) in [6, 6.07) is -0.641. The second-order valence-corrected chi connectivity index (χ2v) is 4.45. The fraction of sp³-hybridized carbons (Fsp3) is 0.818. The van der Waals surface area contributed by atoms with Gasteiger partial charge in [-0.15, -0.1) is 0 Å². The van der Waals surface area contributed by atoms with Crippen LogP contribution >= 0.6 is 0 Å². The minimum absolute atomic E-state index is 0.0560. The monoisotopic (exact) mass is 243 g/mol. The Hall–Kier alpha value is -1.30. The molecule has 1 aliphatic rings. The first-order chi connectivity index (χ1) is 8.08. The topological polar surface area (TPSA) is 81.7 Å². The van der Waals surface area contributed by atoms with Crippen LogP contribution in [0.3, 0.4) is 0 Å². The van der Waals surface area contributed by atoms with E-state index in [2.05, 4.69) is 15.5 Å². The molecule has 1 saturated heterocycles. The zero-order valence-electron chi connectivity index (χ0n) is 10.2. The Bertz CT molecular complexity index is 265. The Labute approximate surface area is 101 Å². The van der Waals surface area contributed by atoms with Gasteiger partial charge in [0.1, 0.15) is 0 Å². The third-order valence-electron chi connectivity index (χ3n) is 2.77. The number of hydrogen-bond acceptors (Lipinski definition) is 3. The van der Waals surface area contributed by atoms with Crippen LogP contribution in [0.4, 0.5) is 4.79 Å². The number of carbonyl (C=O) groups excluding carboxylic acids is 1. The molecule has 2 amide bonds. The maximum absolute atomic E-state index is 11.4. The summed E-state index contributed by atoms with van der Waals surface area (Å²) in [6.45, 7) is 5.36. The van der Waals surface area contributed by atoms with Crippen molar-refractivity contribution in [1.82, 2.24) is 15.5 Å². The lowest BCUT2D eigenvalue weighted by Gasteiger charge is -2.16. The highest BCUT2D eigenvalue weighted by atomic mass is 16.4. The third-order valence-corrected chi connectivity index (χ3v) is 2.77. The quantitative estimate of drug-likeness (QED) is 0.624. The van der Waals surface area contributed by atoms with Crippen molar-refractivity contribution < 1.29 is 14.7 Å². The highest BCUT2D eigenvalue weighted by Crippen LogP contribution is 2.05. The standard InChI is InChI=1S/C11H21N3O3/c1-9(8-10(15)16)13-11(17)12-4-7-14-5-2-3-6-14/h9H,2-8H2,1H3,(H,15,16)(H2,12,13,17). The van der Waals surface area contributed by atoms with Crippen LogP contribution in [0.2, 0.25) is 0 Å². The molecule has 0 spiro atoms. The molecule has 0 aromatic rings. The molecule has 0 bridgehead atoms. The van der Waals surface area contributed by atoms with Gasteiger partial charge in [0.15, 0.2) is 0 Å². The van der Waals surface area contributed by atoms with Crippen LogP contribution in [0, 0.1) is 0 Å². The first-order valence-corrected chi connectivity index (χ1v) is 6.06. The van der Waals surface area contributed by atoms with Gasteiger partial charge in [-0.3, -0.25) is 4.79 Å². The molecule has 0 aromatic carbocycles. The summed E-state index contributed by atoms with van der Waals surface area (Å²) in [6.07, 6.45) is 2.42. The minimum atomic E-state index is -0.908. The number of nitrogens with zero attached hydrogens (tertiary/aromatic N) is 1. The minimum Gasteiger partial charge on any atom is -0.481 e. The molecule has 1 fully saturated rings. The molecule has 1 unspecified atom stereocenters. The highest BCUT2D eigenvalue weighted by molar-refractivity contribution is 5.75. The van der Waals surface area contributed by atoms with Crippen LogP contribution in [0.1, 0.15) is 26.2 Å². The molecular weight excluding hydrogens is 222 g/mol. The first kappa shape index (κ1) is 13.8. The number of hydrogen-bond donors (Lipinski definition) is 3. The van der Waals surface area contributed by atoms with Gasteiger partial charge in [0, 0.05) is 19.1 Å². The van der Waals surface area contributed by atoms with Crippen molar-refractivity contribution in [3.63, 3.8) is 0 Å². The SMILES string of the molecule is CC(CC(=O)O)NC(=O)NCCN1CCCC1. The van der Waals surface area contributed by atoms with Crippen LogP contribution < -0.4 is 10.6 Å². The number of nitrogens with one attached hydrogen (secondary N) is 2. The van der Waals surface area contributed by atoms with Crippen molar-refractivity contribution in [2.24, 2.45) is 0 Å². The predicted molar refractivity (Wildman–Crippen MR) is 63.9 cm³/mol. The maximum atomic E-state index is 11.4. The van der Waals surface area contributed by atoms with E-state index in [0.29, 0.717) is 6.54 Å². The van der Waals surface area contributed by atoms with E-state index in [-0.39, 0.29) is 18.5 Å². The number of aliphatic carboxylic acids is 1. The number of likely N-dealkylation sites (tertiary alicyclic amines) is 1. The van der Waals surface area contributed by atoms with Gasteiger partial charge in [-0.2, -0.15) is 0 Å². The third kappa shape index (κ3) is 6.11. The Balaban J connectivity index is 2.05. The van der Waals surface area contributed by atoms with Crippen molar-refractivity contribution >= 4 is 12.0 Å². The number of carboxylic acids is 1. The van der Waals surface area contributed by atoms with Gasteiger partial charge in [0.25, 0.3) is 0 Å². The molecular formula is C11H21N3O3. The molecule has 1 heterocycles. The van der Waals surface area contributed by atoms with Crippen molar-refractivity contribution in [1.29, 1.82) is 0 Å². The van der Waals surface area contributed by atoms with Gasteiger partial charge in [0.2, 0.25) is 0 Å². The molecule has 17 heavy (non-hydrogen) atoms. The zero-order chi connectivity index (χ0) is 12.7. The van der Waals surface area contributed by atoms with Crippen LogP contribution in [-0.4, -0.2) is 54.2 Å². The molecule has 98 valence electrons. The highest BCUT2D eigenvalue weighted by Gasteiger charge is 2.12. The number of urea groups is 1. The molecule has 6 heteroatoms. The number of carboxylic acid groups (broad SMARTS) is 1. The van der Waals surface area contributed by atoms with E-state index < -0.39 is 5.97 Å². The van der Waals surface area contributed by atoms with Crippen molar-refractivity contribution in [3.8, 4) is 0 Å². The number of amides is 2. The molecule has 0 saturated carbocycles. The molecule has 6 nitrogen and oxygen atoms in total. The Morgan fingerprint density at radius 1 is 1.35 bits per heavy atom. The lowest BCUT2D eigenvalue weighted by molar-refractivity contribution is -0.137. The van der Waals surface area contributed by atoms with Gasteiger partial charge in [-0.05, 0) is 32.9 Å². The lowest BCUT2D eigenvalue weighted by Crippen LogP contribution is -2.44. The van der Waals surface area contributed by atoms with Gasteiger partial charge < -0.3 is 20.6 Å². The predicted octanol–water partition coefficient (Wildman–Crippen LogP) is 0.245. The Morgan fingerprint density at radius 3 is 2.59 bits per heavy atom. The average molecular weight is 243 g/mol. The van der Waals surface area contributed by atoms with Gasteiger partial charge >= 0.3 is 12.0 Å². The van der Waals surface area contributed by atoms with E-state index in [1.165, 1.54) is 12.8 Å². The van der Waals surface area contributed by atoms with Crippen molar-refractivity contribution in [3.05, 3.63) is 0 Å². The van der Waals surface area contributed by atoms with Crippen LogP contribution in [0.5, 0.6) is 0 Å². The molecule has 1 atom stereocenters. The molecule has 1 aliphatic heterocycles. The van der Waals surface area contributed by atoms with E-state index >= 15 is 0 Å². The summed E-state index contributed by atoms with van der Waals surface area (Å²) >= 11 is 0. The first-order valence-electron chi connectivity index (χ1n) is 6.06. The molecule has 0 radical (unpaired) electrons. The second kappa shape index (κ2) is 7.11. The molecule has 3 N–H and O–H groups in total. The fourth-order valence-corrected chi connectivity index (χ4v) is 1.92. The number of carbonyl (C=O) groups is 2. The van der Waals surface area contributed by atoms with Crippen LogP contribution in [0.15, 0.2) is 0 Å². The largest absolute Gasteiger partial charge is 0.481 e. The summed E-state index contributed by atoms with van der Waals surface area (Å²) < 4.78 is 0. The summed E-state index contributed by atoms with van der Waals surface area (Å²) in [4.78, 5) is 24.1. The summed E-state index contributed by atoms with van der Waals surface area (Å²) in [5.74, 6) is -0.908. The normalized spacial score (nSPS) is 17.7. The van der Waals surface area contributed by atoms with Crippen LogP contribution in [-0.2, 0) is 4.79 Å². The van der Waals surface area contributed by atoms with Gasteiger partial charge in [0.05, 0.1) is 6.42 Å². The molecule has 0 aliphatic carbocycles. The van der Waals surface area contributed by atoms with E-state index in [4.69, 9.17) is 5.11 Å². The van der Waals surface area contributed by atoms with E-state index in [9.17, 15) is 9.59 Å². The molecule has 0 aromatic heterocycles. The Morgan fingerprint density at radius 2 is 2.00 bits per heavy atom. The smallest absolute Gasteiger partial charge is 0.315 e. The van der Waals surface area contributed by atoms with E-state index in [1.807, 2.05) is 0 Å². The summed E-state index contributed by atoms with van der Waals surface area (Å²) in [5, 5.41) is 13.9. The number of rotatable bonds is 6. The van der Waals surface area contributed by atoms with Crippen molar-refractivity contribution in [2.45, 2.75) is 32.2 Å². The molecule has 1 rings (SSSR count). The summed E-state index contributed by atoms with van der Waals surface area (Å²) in [7, 11) is 0. The fourth-order valence-electron chi connectivity index (χ4n) is 1.92. The van der Waals surface area contributed by atoms with E-state index in [1.54, 1.807) is 6.92 Å². The van der Waals surface area contributed by atoms with Crippen molar-refractivity contribution in [2.75, 3.05) is 26.2 Å².